The van der Waals surface area contributed by atoms with Gasteiger partial charge in [0.2, 0.25) is 5.88 Å². The standard InChI is InChI=1S/C27H24F3NO5/c1-13(2)35-26(33)17-9-5-7-16(12-17)20-23(32)24(36-25(20)31)21-19-15(8-6-10-18(19)34-4)11-14(3)22(21)27(28,29)30/h5-13,32H,31H2,1-4H3. The van der Waals surface area contributed by atoms with Crippen LogP contribution in [-0.4, -0.2) is 24.3 Å². The summed E-state index contributed by atoms with van der Waals surface area (Å²) in [4.78, 5) is 12.4. The SMILES string of the molecule is COc1cccc2cc(C)c(C(F)(F)F)c(-c3oc(N)c(-c4cccc(C(=O)OC(C)C)c4)c3O)c12. The molecule has 0 aliphatic rings. The summed E-state index contributed by atoms with van der Waals surface area (Å²) in [7, 11) is 1.34. The fourth-order valence-corrected chi connectivity index (χ4v) is 4.30. The average Bonchev–Trinajstić information content (AvgIpc) is 3.09. The van der Waals surface area contributed by atoms with Crippen molar-refractivity contribution in [1.82, 2.24) is 0 Å². The van der Waals surface area contributed by atoms with Gasteiger partial charge in [-0.2, -0.15) is 13.2 Å². The van der Waals surface area contributed by atoms with E-state index in [-0.39, 0.29) is 50.9 Å². The van der Waals surface area contributed by atoms with Gasteiger partial charge in [0.1, 0.15) is 5.75 Å². The molecule has 6 nitrogen and oxygen atoms in total. The third-order valence-electron chi connectivity index (χ3n) is 5.70. The highest BCUT2D eigenvalue weighted by Gasteiger charge is 2.39. The van der Waals surface area contributed by atoms with Crippen molar-refractivity contribution in [2.24, 2.45) is 0 Å². The normalized spacial score (nSPS) is 11.8. The predicted molar refractivity (Wildman–Crippen MR) is 130 cm³/mol. The van der Waals surface area contributed by atoms with Gasteiger partial charge in [0.25, 0.3) is 0 Å². The molecule has 0 atom stereocenters. The van der Waals surface area contributed by atoms with Gasteiger partial charge >= 0.3 is 12.1 Å². The molecular formula is C27H24F3NO5. The molecule has 1 heterocycles. The number of nitrogen functional groups attached to an aromatic ring is 1. The zero-order chi connectivity index (χ0) is 26.4. The summed E-state index contributed by atoms with van der Waals surface area (Å²) in [5.41, 5.74) is 5.06. The number of aryl methyl sites for hydroxylation is 1. The van der Waals surface area contributed by atoms with E-state index >= 15 is 0 Å². The maximum Gasteiger partial charge on any atom is 0.417 e. The molecule has 1 aromatic heterocycles. The Bertz CT molecular complexity index is 1470. The summed E-state index contributed by atoms with van der Waals surface area (Å²) in [5.74, 6) is -1.78. The minimum absolute atomic E-state index is 0.0399. The molecule has 0 unspecified atom stereocenters. The Morgan fingerprint density at radius 1 is 1.08 bits per heavy atom. The number of aromatic hydroxyl groups is 1. The van der Waals surface area contributed by atoms with Gasteiger partial charge in [-0.25, -0.2) is 4.79 Å². The number of esters is 1. The maximum absolute atomic E-state index is 14.3. The van der Waals surface area contributed by atoms with Gasteiger partial charge in [-0.05, 0) is 55.5 Å². The number of alkyl halides is 3. The summed E-state index contributed by atoms with van der Waals surface area (Å²) in [6, 6.07) is 12.3. The van der Waals surface area contributed by atoms with Crippen LogP contribution in [0.15, 0.2) is 52.9 Å². The molecule has 0 saturated carbocycles. The van der Waals surface area contributed by atoms with Crippen LogP contribution >= 0.6 is 0 Å². The number of carbonyl (C=O) groups excluding carboxylic acids is 1. The molecule has 3 aromatic carbocycles. The quantitative estimate of drug-likeness (QED) is 0.288. The Hall–Kier alpha value is -4.14. The zero-order valence-electron chi connectivity index (χ0n) is 20.0. The number of hydrogen-bond donors (Lipinski definition) is 2. The topological polar surface area (TPSA) is 94.9 Å². The Kier molecular flexibility index (Phi) is 6.34. The molecule has 0 spiro atoms. The van der Waals surface area contributed by atoms with Crippen LogP contribution in [0.25, 0.3) is 33.2 Å². The molecule has 0 aliphatic heterocycles. The van der Waals surface area contributed by atoms with E-state index < -0.39 is 29.2 Å². The smallest absolute Gasteiger partial charge is 0.417 e. The van der Waals surface area contributed by atoms with E-state index in [1.165, 1.54) is 38.3 Å². The van der Waals surface area contributed by atoms with Crippen LogP contribution in [0, 0.1) is 6.92 Å². The largest absolute Gasteiger partial charge is 0.504 e. The lowest BCUT2D eigenvalue weighted by Crippen LogP contribution is -2.11. The molecule has 0 aliphatic carbocycles. The summed E-state index contributed by atoms with van der Waals surface area (Å²) in [6.07, 6.45) is -5.13. The van der Waals surface area contributed by atoms with E-state index in [9.17, 15) is 23.1 Å². The van der Waals surface area contributed by atoms with Crippen molar-refractivity contribution >= 4 is 22.6 Å². The highest BCUT2D eigenvalue weighted by atomic mass is 19.4. The first-order valence-corrected chi connectivity index (χ1v) is 11.0. The lowest BCUT2D eigenvalue weighted by Gasteiger charge is -2.19. The van der Waals surface area contributed by atoms with Crippen molar-refractivity contribution < 1.29 is 37.0 Å². The van der Waals surface area contributed by atoms with Gasteiger partial charge in [0.15, 0.2) is 11.5 Å². The van der Waals surface area contributed by atoms with Gasteiger partial charge in [0.05, 0.1) is 29.9 Å². The molecule has 0 radical (unpaired) electrons. The molecule has 4 aromatic rings. The van der Waals surface area contributed by atoms with Crippen LogP contribution in [0.2, 0.25) is 0 Å². The van der Waals surface area contributed by atoms with E-state index in [0.29, 0.717) is 5.39 Å². The van der Waals surface area contributed by atoms with Gasteiger partial charge < -0.3 is 24.7 Å². The van der Waals surface area contributed by atoms with Crippen LogP contribution in [-0.2, 0) is 10.9 Å². The van der Waals surface area contributed by atoms with Gasteiger partial charge in [-0.15, -0.1) is 0 Å². The minimum atomic E-state index is -4.77. The molecule has 0 bridgehead atoms. The molecular weight excluding hydrogens is 475 g/mol. The summed E-state index contributed by atoms with van der Waals surface area (Å²) in [6.45, 7) is 4.73. The van der Waals surface area contributed by atoms with Crippen LogP contribution in [0.1, 0.15) is 35.3 Å². The number of furan rings is 1. The highest BCUT2D eigenvalue weighted by Crippen LogP contribution is 2.52. The molecule has 4 rings (SSSR count). The first-order chi connectivity index (χ1) is 16.9. The number of ether oxygens (including phenoxy) is 2. The zero-order valence-corrected chi connectivity index (χ0v) is 20.0. The van der Waals surface area contributed by atoms with Gasteiger partial charge in [-0.1, -0.05) is 30.3 Å². The van der Waals surface area contributed by atoms with E-state index in [4.69, 9.17) is 19.6 Å². The number of benzene rings is 3. The van der Waals surface area contributed by atoms with Crippen molar-refractivity contribution in [1.29, 1.82) is 0 Å². The van der Waals surface area contributed by atoms with Crippen LogP contribution in [0.3, 0.4) is 0 Å². The predicted octanol–water partition coefficient (Wildman–Crippen LogP) is 6.96. The molecule has 3 N–H and O–H groups in total. The molecule has 36 heavy (non-hydrogen) atoms. The van der Waals surface area contributed by atoms with Crippen LogP contribution < -0.4 is 10.5 Å². The van der Waals surface area contributed by atoms with E-state index in [2.05, 4.69) is 0 Å². The number of hydrogen-bond acceptors (Lipinski definition) is 6. The number of halogens is 3. The first-order valence-electron chi connectivity index (χ1n) is 11.0. The monoisotopic (exact) mass is 499 g/mol. The number of nitrogens with two attached hydrogens (primary N) is 1. The third-order valence-corrected chi connectivity index (χ3v) is 5.70. The summed E-state index contributed by atoms with van der Waals surface area (Å²) >= 11 is 0. The van der Waals surface area contributed by atoms with Crippen LogP contribution in [0.4, 0.5) is 19.1 Å². The maximum atomic E-state index is 14.3. The average molecular weight is 499 g/mol. The summed E-state index contributed by atoms with van der Waals surface area (Å²) in [5, 5.41) is 11.8. The van der Waals surface area contributed by atoms with E-state index in [1.54, 1.807) is 38.1 Å². The van der Waals surface area contributed by atoms with Crippen molar-refractivity contribution in [2.75, 3.05) is 12.8 Å². The fourth-order valence-electron chi connectivity index (χ4n) is 4.30. The number of fused-ring (bicyclic) bond motifs is 1. The first kappa shape index (κ1) is 25.0. The van der Waals surface area contributed by atoms with Gasteiger partial charge in [0, 0.05) is 10.9 Å². The molecule has 0 saturated heterocycles. The number of rotatable bonds is 5. The second-order valence-corrected chi connectivity index (χ2v) is 8.55. The van der Waals surface area contributed by atoms with Crippen molar-refractivity contribution in [3.63, 3.8) is 0 Å². The highest BCUT2D eigenvalue weighted by molar-refractivity contribution is 6.05. The van der Waals surface area contributed by atoms with Crippen molar-refractivity contribution in [3.05, 3.63) is 65.2 Å². The Balaban J connectivity index is 2.02. The second-order valence-electron chi connectivity index (χ2n) is 8.55. The third kappa shape index (κ3) is 4.32. The Morgan fingerprint density at radius 3 is 2.42 bits per heavy atom. The van der Waals surface area contributed by atoms with E-state index in [0.717, 1.165) is 0 Å². The second kappa shape index (κ2) is 9.14. The van der Waals surface area contributed by atoms with Gasteiger partial charge in [-0.3, -0.25) is 0 Å². The lowest BCUT2D eigenvalue weighted by molar-refractivity contribution is -0.137. The van der Waals surface area contributed by atoms with Crippen LogP contribution in [0.5, 0.6) is 11.5 Å². The molecule has 0 amide bonds. The molecule has 188 valence electrons. The number of anilines is 1. The van der Waals surface area contributed by atoms with Crippen molar-refractivity contribution in [2.45, 2.75) is 33.1 Å². The molecule has 9 heteroatoms. The van der Waals surface area contributed by atoms with Crippen molar-refractivity contribution in [3.8, 4) is 33.9 Å². The number of methoxy groups -OCH3 is 1. The molecule has 0 fully saturated rings. The lowest BCUT2D eigenvalue weighted by atomic mass is 9.91. The fraction of sp³-hybridized carbons (Fsp3) is 0.222. The summed E-state index contributed by atoms with van der Waals surface area (Å²) < 4.78 is 59.1. The minimum Gasteiger partial charge on any atom is -0.504 e. The number of carbonyl (C=O) groups is 1. The Labute approximate surface area is 205 Å². The Morgan fingerprint density at radius 2 is 1.78 bits per heavy atom. The van der Waals surface area contributed by atoms with E-state index in [1.807, 2.05) is 0 Å².